The Morgan fingerprint density at radius 2 is 2.29 bits per heavy atom. The lowest BCUT2D eigenvalue weighted by molar-refractivity contribution is 0.832. The highest BCUT2D eigenvalue weighted by Gasteiger charge is 1.69. The van der Waals surface area contributed by atoms with Crippen LogP contribution in [0.1, 0.15) is 0 Å². The Bertz CT molecular complexity index is 114. The SMILES string of the molecule is Cl.Nn1cccn1. The fourth-order valence-corrected chi connectivity index (χ4v) is 0.281. The van der Waals surface area contributed by atoms with E-state index in [1.807, 2.05) is 0 Å². The number of hydrogen-bond donors (Lipinski definition) is 1. The quantitative estimate of drug-likeness (QED) is 0.490. The van der Waals surface area contributed by atoms with Crippen LogP contribution in [-0.2, 0) is 0 Å². The van der Waals surface area contributed by atoms with Gasteiger partial charge in [0.05, 0.1) is 6.20 Å². The molecule has 0 aliphatic carbocycles. The number of halogens is 1. The van der Waals surface area contributed by atoms with Crippen LogP contribution >= 0.6 is 12.4 Å². The molecule has 1 heterocycles. The van der Waals surface area contributed by atoms with Crippen LogP contribution in [0.4, 0.5) is 0 Å². The van der Waals surface area contributed by atoms with Crippen molar-refractivity contribution in [2.45, 2.75) is 0 Å². The Hall–Kier alpha value is -0.700. The summed E-state index contributed by atoms with van der Waals surface area (Å²) in [6.45, 7) is 0. The van der Waals surface area contributed by atoms with Crippen molar-refractivity contribution in [3.63, 3.8) is 0 Å². The van der Waals surface area contributed by atoms with Crippen LogP contribution in [0.3, 0.4) is 0 Å². The summed E-state index contributed by atoms with van der Waals surface area (Å²) in [7, 11) is 0. The van der Waals surface area contributed by atoms with Crippen molar-refractivity contribution >= 4 is 12.4 Å². The van der Waals surface area contributed by atoms with Gasteiger partial charge in [-0.1, -0.05) is 0 Å². The van der Waals surface area contributed by atoms with E-state index in [0.717, 1.165) is 0 Å². The molecule has 0 radical (unpaired) electrons. The largest absolute Gasteiger partial charge is 0.323 e. The molecule has 0 amide bonds. The summed E-state index contributed by atoms with van der Waals surface area (Å²) in [5.74, 6) is 5.08. The van der Waals surface area contributed by atoms with Crippen molar-refractivity contribution < 1.29 is 0 Å². The summed E-state index contributed by atoms with van der Waals surface area (Å²) in [6, 6.07) is 1.76. The summed E-state index contributed by atoms with van der Waals surface area (Å²) >= 11 is 0. The normalized spacial score (nSPS) is 7.43. The van der Waals surface area contributed by atoms with E-state index < -0.39 is 0 Å². The highest BCUT2D eigenvalue weighted by molar-refractivity contribution is 5.85. The number of aromatic nitrogens is 2. The average molecular weight is 120 g/mol. The van der Waals surface area contributed by atoms with Crippen LogP contribution in [0.25, 0.3) is 0 Å². The lowest BCUT2D eigenvalue weighted by atomic mass is 10.8. The lowest BCUT2D eigenvalue weighted by Gasteiger charge is -1.78. The highest BCUT2D eigenvalue weighted by Crippen LogP contribution is 1.70. The van der Waals surface area contributed by atoms with Gasteiger partial charge in [0, 0.05) is 6.20 Å². The molecule has 0 saturated carbocycles. The van der Waals surface area contributed by atoms with Gasteiger partial charge in [0.15, 0.2) is 0 Å². The van der Waals surface area contributed by atoms with Gasteiger partial charge in [-0.3, -0.25) is 0 Å². The topological polar surface area (TPSA) is 43.8 Å². The van der Waals surface area contributed by atoms with Gasteiger partial charge in [-0.2, -0.15) is 9.89 Å². The maximum Gasteiger partial charge on any atom is 0.0510 e. The number of nitrogen functional groups attached to an aromatic ring is 1. The molecular weight excluding hydrogens is 114 g/mol. The molecule has 1 rings (SSSR count). The van der Waals surface area contributed by atoms with E-state index in [2.05, 4.69) is 5.10 Å². The maximum atomic E-state index is 5.08. The van der Waals surface area contributed by atoms with Crippen molar-refractivity contribution in [3.05, 3.63) is 18.5 Å². The molecule has 0 fully saturated rings. The average Bonchev–Trinajstić information content (AvgIpc) is 1.86. The standard InChI is InChI=1S/C3H5N3.ClH/c4-6-3-1-2-5-6;/h1-3H,4H2;1H. The third kappa shape index (κ3) is 1.45. The van der Waals surface area contributed by atoms with Gasteiger partial charge in [-0.15, -0.1) is 12.4 Å². The molecule has 0 bridgehead atoms. The van der Waals surface area contributed by atoms with E-state index in [-0.39, 0.29) is 12.4 Å². The predicted molar refractivity (Wildman–Crippen MR) is 29.6 cm³/mol. The zero-order valence-electron chi connectivity index (χ0n) is 3.61. The smallest absolute Gasteiger partial charge is 0.0510 e. The van der Waals surface area contributed by atoms with Crippen molar-refractivity contribution in [1.29, 1.82) is 0 Å². The Balaban J connectivity index is 0.000000360. The molecule has 7 heavy (non-hydrogen) atoms. The zero-order valence-corrected chi connectivity index (χ0v) is 4.43. The lowest BCUT2D eigenvalue weighted by Crippen LogP contribution is -2.06. The van der Waals surface area contributed by atoms with Crippen molar-refractivity contribution in [2.24, 2.45) is 0 Å². The first-order chi connectivity index (χ1) is 2.89. The minimum atomic E-state index is 0. The van der Waals surface area contributed by atoms with Crippen LogP contribution in [0.2, 0.25) is 0 Å². The van der Waals surface area contributed by atoms with E-state index >= 15 is 0 Å². The van der Waals surface area contributed by atoms with E-state index in [0.29, 0.717) is 0 Å². The summed E-state index contributed by atoms with van der Waals surface area (Å²) in [5.41, 5.74) is 0. The fourth-order valence-electron chi connectivity index (χ4n) is 0.281. The molecule has 0 unspecified atom stereocenters. The maximum absolute atomic E-state index is 5.08. The second-order valence-corrected chi connectivity index (χ2v) is 0.986. The number of nitrogens with two attached hydrogens (primary N) is 1. The van der Waals surface area contributed by atoms with Crippen molar-refractivity contribution in [3.8, 4) is 0 Å². The molecule has 0 aliphatic rings. The van der Waals surface area contributed by atoms with E-state index in [4.69, 9.17) is 5.84 Å². The van der Waals surface area contributed by atoms with Gasteiger partial charge < -0.3 is 5.84 Å². The van der Waals surface area contributed by atoms with Gasteiger partial charge in [-0.25, -0.2) is 0 Å². The summed E-state index contributed by atoms with van der Waals surface area (Å²) in [5, 5.41) is 3.61. The minimum Gasteiger partial charge on any atom is -0.323 e. The second-order valence-electron chi connectivity index (χ2n) is 0.986. The Labute approximate surface area is 47.5 Å². The van der Waals surface area contributed by atoms with Crippen LogP contribution in [0.5, 0.6) is 0 Å². The number of hydrogen-bond acceptors (Lipinski definition) is 2. The fraction of sp³-hybridized carbons (Fsp3) is 0. The predicted octanol–water partition coefficient (Wildman–Crippen LogP) is 0.0187. The summed E-state index contributed by atoms with van der Waals surface area (Å²) < 4.78 is 0. The van der Waals surface area contributed by atoms with Gasteiger partial charge in [0.1, 0.15) is 0 Å². The van der Waals surface area contributed by atoms with Crippen LogP contribution in [0.15, 0.2) is 18.5 Å². The van der Waals surface area contributed by atoms with Crippen molar-refractivity contribution in [2.75, 3.05) is 5.84 Å². The monoisotopic (exact) mass is 119 g/mol. The Kier molecular flexibility index (Phi) is 2.22. The molecule has 0 atom stereocenters. The Morgan fingerprint density at radius 3 is 2.43 bits per heavy atom. The number of rotatable bonds is 0. The second kappa shape index (κ2) is 2.47. The van der Waals surface area contributed by atoms with Gasteiger partial charge in [0.2, 0.25) is 0 Å². The van der Waals surface area contributed by atoms with Crippen LogP contribution in [0, 0.1) is 0 Å². The molecule has 0 saturated heterocycles. The minimum absolute atomic E-state index is 0. The summed E-state index contributed by atoms with van der Waals surface area (Å²) in [6.07, 6.45) is 3.29. The van der Waals surface area contributed by atoms with Crippen LogP contribution in [-0.4, -0.2) is 9.89 Å². The first-order valence-corrected chi connectivity index (χ1v) is 1.64. The first kappa shape index (κ1) is 6.30. The third-order valence-electron chi connectivity index (χ3n) is 0.525. The molecular formula is C3H6ClN3. The third-order valence-corrected chi connectivity index (χ3v) is 0.525. The molecule has 2 N–H and O–H groups in total. The molecule has 0 aromatic carbocycles. The molecule has 4 heteroatoms. The van der Waals surface area contributed by atoms with Gasteiger partial charge in [0.25, 0.3) is 0 Å². The molecule has 40 valence electrons. The first-order valence-electron chi connectivity index (χ1n) is 1.64. The molecule has 1 aromatic rings. The van der Waals surface area contributed by atoms with Crippen molar-refractivity contribution in [1.82, 2.24) is 9.89 Å². The van der Waals surface area contributed by atoms with E-state index in [9.17, 15) is 0 Å². The summed E-state index contributed by atoms with van der Waals surface area (Å²) in [4.78, 5) is 1.25. The highest BCUT2D eigenvalue weighted by atomic mass is 35.5. The van der Waals surface area contributed by atoms with E-state index in [1.54, 1.807) is 18.5 Å². The van der Waals surface area contributed by atoms with Crippen LogP contribution < -0.4 is 5.84 Å². The Morgan fingerprint density at radius 1 is 1.57 bits per heavy atom. The molecule has 0 aliphatic heterocycles. The molecule has 1 aromatic heterocycles. The van der Waals surface area contributed by atoms with Gasteiger partial charge in [-0.05, 0) is 6.07 Å². The van der Waals surface area contributed by atoms with Gasteiger partial charge >= 0.3 is 0 Å². The number of nitrogens with zero attached hydrogens (tertiary/aromatic N) is 2. The molecule has 0 spiro atoms. The van der Waals surface area contributed by atoms with E-state index in [1.165, 1.54) is 4.79 Å². The molecule has 3 nitrogen and oxygen atoms in total. The zero-order chi connectivity index (χ0) is 4.41.